The van der Waals surface area contributed by atoms with Crippen LogP contribution < -0.4 is 4.74 Å². The molecule has 0 unspecified atom stereocenters. The van der Waals surface area contributed by atoms with Crippen LogP contribution in [-0.4, -0.2) is 46.3 Å². The standard InChI is InChI=1S/C11H12B3ClN2O.CHF3/c12-11(13,14)10-16-8(15)6-9(17-10)18-7-4-2-1-3-5-7;2-1(3)4/h6-7H,1-5H2;1H. The summed E-state index contributed by atoms with van der Waals surface area (Å²) in [5.41, 5.74) is 0. The topological polar surface area (TPSA) is 35.0 Å². The molecule has 0 aromatic carbocycles. The number of aromatic nitrogens is 2. The van der Waals surface area contributed by atoms with E-state index in [1.54, 1.807) is 6.07 Å². The molecule has 0 amide bonds. The molecular formula is C12H13B3ClF3N2O. The highest BCUT2D eigenvalue weighted by Crippen LogP contribution is 2.24. The van der Waals surface area contributed by atoms with Crippen molar-refractivity contribution in [2.45, 2.75) is 50.0 Å². The summed E-state index contributed by atoms with van der Waals surface area (Å²) >= 11 is 5.88. The molecule has 0 N–H and O–H groups in total. The fraction of sp³-hybridized carbons (Fsp3) is 0.667. The summed E-state index contributed by atoms with van der Waals surface area (Å²) in [6, 6.07) is 1.55. The lowest BCUT2D eigenvalue weighted by atomic mass is 9.42. The predicted molar refractivity (Wildman–Crippen MR) is 80.6 cm³/mol. The third-order valence-corrected chi connectivity index (χ3v) is 3.09. The second-order valence-corrected chi connectivity index (χ2v) is 5.30. The number of hydrogen-bond acceptors (Lipinski definition) is 3. The van der Waals surface area contributed by atoms with Gasteiger partial charge in [-0.3, -0.25) is 0 Å². The van der Waals surface area contributed by atoms with Crippen molar-refractivity contribution < 1.29 is 17.9 Å². The van der Waals surface area contributed by atoms with Gasteiger partial charge in [0.1, 0.15) is 17.1 Å². The predicted octanol–water partition coefficient (Wildman–Crippen LogP) is 2.64. The molecule has 1 saturated carbocycles. The summed E-state index contributed by atoms with van der Waals surface area (Å²) in [5.74, 6) is 0.448. The molecule has 10 heteroatoms. The Labute approximate surface area is 136 Å². The summed E-state index contributed by atoms with van der Waals surface area (Å²) < 4.78 is 34.8. The Morgan fingerprint density at radius 1 is 1.14 bits per heavy atom. The second kappa shape index (κ2) is 8.70. The maximum atomic E-state index is 9.67. The number of hydrogen-bond donors (Lipinski definition) is 0. The van der Waals surface area contributed by atoms with Crippen LogP contribution in [0.4, 0.5) is 13.2 Å². The van der Waals surface area contributed by atoms with Crippen molar-refractivity contribution in [3.8, 4) is 5.88 Å². The zero-order chi connectivity index (χ0) is 16.8. The quantitative estimate of drug-likeness (QED) is 0.633. The van der Waals surface area contributed by atoms with Crippen LogP contribution in [0.15, 0.2) is 6.07 Å². The molecule has 114 valence electrons. The van der Waals surface area contributed by atoms with E-state index >= 15 is 0 Å². The Bertz CT molecular complexity index is 469. The molecule has 1 aromatic heterocycles. The van der Waals surface area contributed by atoms with Crippen molar-refractivity contribution in [2.24, 2.45) is 0 Å². The van der Waals surface area contributed by atoms with Crippen LogP contribution >= 0.6 is 11.6 Å². The molecule has 22 heavy (non-hydrogen) atoms. The highest BCUT2D eigenvalue weighted by molar-refractivity contribution is 6.58. The van der Waals surface area contributed by atoms with Gasteiger partial charge in [-0.15, -0.1) is 0 Å². The molecule has 6 radical (unpaired) electrons. The Morgan fingerprint density at radius 2 is 1.68 bits per heavy atom. The largest absolute Gasteiger partial charge is 0.474 e. The first-order valence-corrected chi connectivity index (χ1v) is 7.07. The normalized spacial score (nSPS) is 16.0. The average Bonchev–Trinajstić information content (AvgIpc) is 2.37. The minimum Gasteiger partial charge on any atom is -0.474 e. The maximum Gasteiger partial charge on any atom is 0.379 e. The van der Waals surface area contributed by atoms with Gasteiger partial charge in [-0.1, -0.05) is 23.1 Å². The lowest BCUT2D eigenvalue weighted by Crippen LogP contribution is -2.30. The summed E-state index contributed by atoms with van der Waals surface area (Å²) in [6.45, 7) is -3.67. The van der Waals surface area contributed by atoms with Gasteiger partial charge in [0.05, 0.1) is 23.5 Å². The monoisotopic (exact) mass is 326 g/mol. The molecule has 1 aliphatic rings. The lowest BCUT2D eigenvalue weighted by molar-refractivity contribution is 0.00819. The van der Waals surface area contributed by atoms with Gasteiger partial charge >= 0.3 is 6.68 Å². The van der Waals surface area contributed by atoms with E-state index in [2.05, 4.69) is 9.97 Å². The van der Waals surface area contributed by atoms with Gasteiger partial charge in [0, 0.05) is 6.07 Å². The summed E-state index contributed by atoms with van der Waals surface area (Å²) in [6.07, 6.45) is 5.81. The van der Waals surface area contributed by atoms with Crippen molar-refractivity contribution in [1.29, 1.82) is 0 Å². The third kappa shape index (κ3) is 7.43. The van der Waals surface area contributed by atoms with Crippen LogP contribution in [0.5, 0.6) is 5.88 Å². The molecule has 0 bridgehead atoms. The third-order valence-electron chi connectivity index (χ3n) is 2.90. The number of nitrogens with zero attached hydrogens (tertiary/aromatic N) is 2. The van der Waals surface area contributed by atoms with E-state index in [9.17, 15) is 13.2 Å². The molecule has 1 aliphatic carbocycles. The molecule has 1 fully saturated rings. The molecule has 0 aliphatic heterocycles. The van der Waals surface area contributed by atoms with Crippen LogP contribution in [0.2, 0.25) is 5.15 Å². The van der Waals surface area contributed by atoms with Crippen LogP contribution in [0, 0.1) is 0 Å². The Hall–Kier alpha value is -0.845. The number of ether oxygens (including phenoxy) is 1. The highest BCUT2D eigenvalue weighted by Gasteiger charge is 2.20. The van der Waals surface area contributed by atoms with Gasteiger partial charge in [-0.25, -0.2) is 9.97 Å². The van der Waals surface area contributed by atoms with Crippen molar-refractivity contribution in [2.75, 3.05) is 0 Å². The molecule has 3 nitrogen and oxygen atoms in total. The van der Waals surface area contributed by atoms with E-state index in [0.717, 1.165) is 12.8 Å². The van der Waals surface area contributed by atoms with Gasteiger partial charge < -0.3 is 4.74 Å². The fourth-order valence-electron chi connectivity index (χ4n) is 2.00. The molecule has 1 aromatic rings. The van der Waals surface area contributed by atoms with Gasteiger partial charge in [0.25, 0.3) is 0 Å². The van der Waals surface area contributed by atoms with Crippen molar-refractivity contribution in [3.05, 3.63) is 17.0 Å². The van der Waals surface area contributed by atoms with Crippen molar-refractivity contribution in [1.82, 2.24) is 9.97 Å². The highest BCUT2D eigenvalue weighted by atomic mass is 35.5. The maximum absolute atomic E-state index is 9.67. The zero-order valence-corrected chi connectivity index (χ0v) is 12.6. The molecule has 1 heterocycles. The Balaban J connectivity index is 0.000000541. The number of alkyl halides is 3. The lowest BCUT2D eigenvalue weighted by Gasteiger charge is -2.24. The Kier molecular flexibility index (Phi) is 7.59. The first-order chi connectivity index (χ1) is 10.2. The molecule has 0 spiro atoms. The van der Waals surface area contributed by atoms with E-state index in [1.807, 2.05) is 0 Å². The molecule has 0 saturated heterocycles. The van der Waals surface area contributed by atoms with Gasteiger partial charge in [0.2, 0.25) is 5.88 Å². The van der Waals surface area contributed by atoms with Gasteiger partial charge in [-0.05, 0) is 25.7 Å². The average molecular weight is 326 g/mol. The van der Waals surface area contributed by atoms with Gasteiger partial charge in [0.15, 0.2) is 0 Å². The van der Waals surface area contributed by atoms with E-state index in [-0.39, 0.29) is 17.1 Å². The smallest absolute Gasteiger partial charge is 0.379 e. The minimum atomic E-state index is -3.67. The van der Waals surface area contributed by atoms with Crippen molar-refractivity contribution >= 4 is 35.1 Å². The molecule has 2 rings (SSSR count). The van der Waals surface area contributed by atoms with E-state index < -0.39 is 11.8 Å². The molecule has 0 atom stereocenters. The first kappa shape index (κ1) is 19.2. The SMILES string of the molecule is FC(F)F.[B]C([B])([B])c1nc(Cl)cc(OC2CCCCC2)n1. The fourth-order valence-corrected chi connectivity index (χ4v) is 2.18. The van der Waals surface area contributed by atoms with Crippen LogP contribution in [-0.2, 0) is 5.11 Å². The van der Waals surface area contributed by atoms with Crippen LogP contribution in [0.25, 0.3) is 0 Å². The van der Waals surface area contributed by atoms with E-state index in [1.165, 1.54) is 19.3 Å². The zero-order valence-electron chi connectivity index (χ0n) is 11.8. The van der Waals surface area contributed by atoms with Crippen LogP contribution in [0.3, 0.4) is 0 Å². The van der Waals surface area contributed by atoms with E-state index in [4.69, 9.17) is 39.9 Å². The summed E-state index contributed by atoms with van der Waals surface area (Å²) in [5, 5.41) is -1.40. The second-order valence-electron chi connectivity index (χ2n) is 4.91. The van der Waals surface area contributed by atoms with Crippen LogP contribution in [0.1, 0.15) is 37.9 Å². The van der Waals surface area contributed by atoms with E-state index in [0.29, 0.717) is 5.88 Å². The Morgan fingerprint density at radius 3 is 2.18 bits per heavy atom. The molecular weight excluding hydrogens is 313 g/mol. The van der Waals surface area contributed by atoms with Gasteiger partial charge in [-0.2, -0.15) is 13.2 Å². The summed E-state index contributed by atoms with van der Waals surface area (Å²) in [4.78, 5) is 8.00. The number of rotatable bonds is 3. The summed E-state index contributed by atoms with van der Waals surface area (Å²) in [7, 11) is 16.6. The minimum absolute atomic E-state index is 0.0702. The first-order valence-electron chi connectivity index (χ1n) is 6.69. The van der Waals surface area contributed by atoms with Crippen molar-refractivity contribution in [3.63, 3.8) is 0 Å². The number of halogens is 4.